The van der Waals surface area contributed by atoms with Gasteiger partial charge in [0.05, 0.1) is 12.6 Å². The lowest BCUT2D eigenvalue weighted by Gasteiger charge is -2.20. The Hall–Kier alpha value is -2.20. The molecule has 0 bridgehead atoms. The van der Waals surface area contributed by atoms with E-state index < -0.39 is 0 Å². The number of hydrogen-bond donors (Lipinski definition) is 2. The smallest absolute Gasteiger partial charge is 0.234 e. The van der Waals surface area contributed by atoms with Crippen molar-refractivity contribution < 1.29 is 4.79 Å². The highest BCUT2D eigenvalue weighted by molar-refractivity contribution is 5.78. The van der Waals surface area contributed by atoms with E-state index in [-0.39, 0.29) is 24.5 Å². The predicted molar refractivity (Wildman–Crippen MR) is 83.8 cm³/mol. The quantitative estimate of drug-likeness (QED) is 0.855. The molecule has 110 valence electrons. The van der Waals surface area contributed by atoms with Gasteiger partial charge in [-0.3, -0.25) is 15.1 Å². The first-order valence-corrected chi connectivity index (χ1v) is 7.14. The van der Waals surface area contributed by atoms with Crippen LogP contribution in [0.15, 0.2) is 54.9 Å². The van der Waals surface area contributed by atoms with Crippen LogP contribution in [0.2, 0.25) is 0 Å². The molecule has 1 aromatic heterocycles. The SMILES string of the molecule is CC(C)NC(=O)CNC(c1ccccc1)c1ccncc1. The van der Waals surface area contributed by atoms with Gasteiger partial charge >= 0.3 is 0 Å². The van der Waals surface area contributed by atoms with Gasteiger partial charge in [0.1, 0.15) is 0 Å². The van der Waals surface area contributed by atoms with Gasteiger partial charge in [-0.05, 0) is 37.1 Å². The van der Waals surface area contributed by atoms with Gasteiger partial charge in [-0.1, -0.05) is 30.3 Å². The van der Waals surface area contributed by atoms with E-state index in [0.29, 0.717) is 0 Å². The lowest BCUT2D eigenvalue weighted by atomic mass is 10.00. The standard InChI is InChI=1S/C17H21N3O/c1-13(2)20-16(21)12-19-17(14-6-4-3-5-7-14)15-8-10-18-11-9-15/h3-11,13,17,19H,12H2,1-2H3,(H,20,21). The zero-order chi connectivity index (χ0) is 15.1. The number of nitrogens with zero attached hydrogens (tertiary/aromatic N) is 1. The summed E-state index contributed by atoms with van der Waals surface area (Å²) in [6, 6.07) is 14.1. The number of pyridine rings is 1. The third kappa shape index (κ3) is 4.68. The summed E-state index contributed by atoms with van der Waals surface area (Å²) in [6.07, 6.45) is 3.53. The largest absolute Gasteiger partial charge is 0.353 e. The van der Waals surface area contributed by atoms with Crippen molar-refractivity contribution >= 4 is 5.91 Å². The van der Waals surface area contributed by atoms with E-state index in [9.17, 15) is 4.79 Å². The Morgan fingerprint density at radius 3 is 2.29 bits per heavy atom. The summed E-state index contributed by atoms with van der Waals surface area (Å²) < 4.78 is 0. The van der Waals surface area contributed by atoms with Crippen LogP contribution in [0.4, 0.5) is 0 Å². The maximum absolute atomic E-state index is 11.8. The summed E-state index contributed by atoms with van der Waals surface area (Å²) in [4.78, 5) is 15.9. The number of hydrogen-bond acceptors (Lipinski definition) is 3. The number of carbonyl (C=O) groups excluding carboxylic acids is 1. The third-order valence-corrected chi connectivity index (χ3v) is 3.09. The van der Waals surface area contributed by atoms with E-state index in [1.807, 2.05) is 44.2 Å². The molecule has 0 aliphatic heterocycles. The number of nitrogens with one attached hydrogen (secondary N) is 2. The molecule has 1 aromatic carbocycles. The summed E-state index contributed by atoms with van der Waals surface area (Å²) in [7, 11) is 0. The van der Waals surface area contributed by atoms with Gasteiger partial charge < -0.3 is 5.32 Å². The van der Waals surface area contributed by atoms with E-state index in [0.717, 1.165) is 11.1 Å². The average Bonchev–Trinajstić information content (AvgIpc) is 2.49. The molecule has 21 heavy (non-hydrogen) atoms. The van der Waals surface area contributed by atoms with E-state index in [4.69, 9.17) is 0 Å². The summed E-state index contributed by atoms with van der Waals surface area (Å²) in [5, 5.41) is 6.20. The van der Waals surface area contributed by atoms with Crippen LogP contribution in [-0.2, 0) is 4.79 Å². The average molecular weight is 283 g/mol. The van der Waals surface area contributed by atoms with Gasteiger partial charge in [-0.2, -0.15) is 0 Å². The fraction of sp³-hybridized carbons (Fsp3) is 0.294. The maximum Gasteiger partial charge on any atom is 0.234 e. The number of carbonyl (C=O) groups is 1. The second-order valence-corrected chi connectivity index (χ2v) is 5.23. The Bertz CT molecular complexity index is 515. The van der Waals surface area contributed by atoms with E-state index in [1.54, 1.807) is 12.4 Å². The molecular formula is C17H21N3O. The monoisotopic (exact) mass is 283 g/mol. The minimum absolute atomic E-state index is 0.0000118. The van der Waals surface area contributed by atoms with Crippen molar-refractivity contribution in [2.24, 2.45) is 0 Å². The number of rotatable bonds is 6. The van der Waals surface area contributed by atoms with Crippen LogP contribution in [0.5, 0.6) is 0 Å². The number of aromatic nitrogens is 1. The van der Waals surface area contributed by atoms with Crippen LogP contribution in [0, 0.1) is 0 Å². The molecule has 1 unspecified atom stereocenters. The van der Waals surface area contributed by atoms with Crippen LogP contribution in [0.25, 0.3) is 0 Å². The normalized spacial score (nSPS) is 12.1. The topological polar surface area (TPSA) is 54.0 Å². The molecule has 0 spiro atoms. The summed E-state index contributed by atoms with van der Waals surface area (Å²) >= 11 is 0. The van der Waals surface area contributed by atoms with Crippen molar-refractivity contribution in [3.8, 4) is 0 Å². The predicted octanol–water partition coefficient (Wildman–Crippen LogP) is 2.29. The van der Waals surface area contributed by atoms with Crippen LogP contribution in [-0.4, -0.2) is 23.5 Å². The molecule has 1 atom stereocenters. The summed E-state index contributed by atoms with van der Waals surface area (Å²) in [5.41, 5.74) is 2.22. The number of benzene rings is 1. The Balaban J connectivity index is 2.12. The first-order valence-electron chi connectivity index (χ1n) is 7.14. The van der Waals surface area contributed by atoms with Crippen molar-refractivity contribution in [3.05, 3.63) is 66.0 Å². The van der Waals surface area contributed by atoms with Crippen LogP contribution in [0.1, 0.15) is 31.0 Å². The van der Waals surface area contributed by atoms with Crippen LogP contribution >= 0.6 is 0 Å². The molecule has 0 fully saturated rings. The zero-order valence-corrected chi connectivity index (χ0v) is 12.4. The molecule has 0 aliphatic carbocycles. The Labute approximate surface area is 125 Å². The third-order valence-electron chi connectivity index (χ3n) is 3.09. The van der Waals surface area contributed by atoms with Crippen molar-refractivity contribution in [2.75, 3.05) is 6.54 Å². The van der Waals surface area contributed by atoms with Crippen molar-refractivity contribution in [2.45, 2.75) is 25.9 Å². The summed E-state index contributed by atoms with van der Waals surface area (Å²) in [5.74, 6) is -0.0000118. The van der Waals surface area contributed by atoms with Gasteiger partial charge in [0, 0.05) is 18.4 Å². The van der Waals surface area contributed by atoms with Gasteiger partial charge in [-0.15, -0.1) is 0 Å². The van der Waals surface area contributed by atoms with E-state index >= 15 is 0 Å². The fourth-order valence-electron chi connectivity index (χ4n) is 2.20. The van der Waals surface area contributed by atoms with Crippen molar-refractivity contribution in [1.29, 1.82) is 0 Å². The van der Waals surface area contributed by atoms with E-state index in [2.05, 4.69) is 27.8 Å². The molecular weight excluding hydrogens is 262 g/mol. The van der Waals surface area contributed by atoms with Crippen molar-refractivity contribution in [1.82, 2.24) is 15.6 Å². The molecule has 2 rings (SSSR count). The van der Waals surface area contributed by atoms with Gasteiger partial charge in [0.25, 0.3) is 0 Å². The van der Waals surface area contributed by atoms with Gasteiger partial charge in [0.2, 0.25) is 5.91 Å². The highest BCUT2D eigenvalue weighted by atomic mass is 16.1. The van der Waals surface area contributed by atoms with Crippen LogP contribution < -0.4 is 10.6 Å². The fourth-order valence-corrected chi connectivity index (χ4v) is 2.20. The first-order chi connectivity index (χ1) is 10.2. The molecule has 4 nitrogen and oxygen atoms in total. The zero-order valence-electron chi connectivity index (χ0n) is 12.4. The van der Waals surface area contributed by atoms with Crippen molar-refractivity contribution in [3.63, 3.8) is 0 Å². The molecule has 1 heterocycles. The molecule has 0 aliphatic rings. The molecule has 1 amide bonds. The lowest BCUT2D eigenvalue weighted by Crippen LogP contribution is -2.39. The Morgan fingerprint density at radius 2 is 1.67 bits per heavy atom. The Kier molecular flexibility index (Phi) is 5.46. The Morgan fingerprint density at radius 1 is 1.05 bits per heavy atom. The highest BCUT2D eigenvalue weighted by Gasteiger charge is 2.14. The van der Waals surface area contributed by atoms with Gasteiger partial charge in [-0.25, -0.2) is 0 Å². The molecule has 4 heteroatoms. The lowest BCUT2D eigenvalue weighted by molar-refractivity contribution is -0.120. The first kappa shape index (κ1) is 15.2. The van der Waals surface area contributed by atoms with Crippen LogP contribution in [0.3, 0.4) is 0 Å². The molecule has 0 radical (unpaired) electrons. The van der Waals surface area contributed by atoms with E-state index in [1.165, 1.54) is 0 Å². The summed E-state index contributed by atoms with van der Waals surface area (Å²) in [6.45, 7) is 4.19. The van der Waals surface area contributed by atoms with Gasteiger partial charge in [0.15, 0.2) is 0 Å². The second kappa shape index (κ2) is 7.55. The molecule has 2 N–H and O–H groups in total. The molecule has 0 saturated carbocycles. The highest BCUT2D eigenvalue weighted by Crippen LogP contribution is 2.20. The minimum Gasteiger partial charge on any atom is -0.353 e. The molecule has 0 saturated heterocycles. The molecule has 2 aromatic rings. The maximum atomic E-state index is 11.8. The minimum atomic E-state index is -0.0212. The number of amides is 1. The second-order valence-electron chi connectivity index (χ2n) is 5.23.